The molecule has 0 radical (unpaired) electrons. The summed E-state index contributed by atoms with van der Waals surface area (Å²) >= 11 is 0. The molecule has 0 fully saturated rings. The number of rotatable bonds is 2. The van der Waals surface area contributed by atoms with Crippen LogP contribution in [0, 0.1) is 0 Å². The molecule has 0 bridgehead atoms. The molecule has 1 unspecified atom stereocenters. The van der Waals surface area contributed by atoms with E-state index in [1.54, 1.807) is 0 Å². The molecule has 68 valence electrons. The van der Waals surface area contributed by atoms with Crippen LogP contribution in [0.4, 0.5) is 0 Å². The van der Waals surface area contributed by atoms with E-state index < -0.39 is 6.47 Å². The van der Waals surface area contributed by atoms with Crippen LogP contribution in [0.25, 0.3) is 0 Å². The van der Waals surface area contributed by atoms with Crippen LogP contribution in [0.15, 0.2) is 0 Å². The van der Waals surface area contributed by atoms with Gasteiger partial charge in [-0.3, -0.25) is 0 Å². The number of aliphatic hydroxyl groups excluding tert-OH is 1. The molecule has 0 aromatic heterocycles. The van der Waals surface area contributed by atoms with E-state index in [1.165, 1.54) is 0 Å². The number of carboxylic acid groups (broad SMARTS) is 1. The van der Waals surface area contributed by atoms with Gasteiger partial charge in [-0.2, -0.15) is 0 Å². The molecule has 11 heavy (non-hydrogen) atoms. The van der Waals surface area contributed by atoms with Gasteiger partial charge < -0.3 is 19.5 Å². The van der Waals surface area contributed by atoms with E-state index >= 15 is 0 Å². The zero-order valence-corrected chi connectivity index (χ0v) is 7.57. The Kier molecular flexibility index (Phi) is 7.24. The molecule has 0 aliphatic rings. The summed E-state index contributed by atoms with van der Waals surface area (Å²) in [6.45, 7) is 1.80. The van der Waals surface area contributed by atoms with Crippen molar-refractivity contribution in [3.05, 3.63) is 0 Å². The summed E-state index contributed by atoms with van der Waals surface area (Å²) in [6.07, 6.45) is 0. The molecule has 0 aliphatic heterocycles. The Morgan fingerprint density at radius 1 is 1.55 bits per heavy atom. The molecule has 0 spiro atoms. The third-order valence-corrected chi connectivity index (χ3v) is 1.59. The first-order valence-electron chi connectivity index (χ1n) is 3.37. The topological polar surface area (TPSA) is 60.4 Å². The van der Waals surface area contributed by atoms with Gasteiger partial charge in [0, 0.05) is 6.47 Å². The minimum absolute atomic E-state index is 0.267. The lowest BCUT2D eigenvalue weighted by Crippen LogP contribution is -2.45. The van der Waals surface area contributed by atoms with Crippen LogP contribution in [-0.4, -0.2) is 49.9 Å². The van der Waals surface area contributed by atoms with Crippen molar-refractivity contribution in [1.82, 2.24) is 0 Å². The lowest BCUT2D eigenvalue weighted by molar-refractivity contribution is -0.894. The normalized spacial score (nSPS) is 12.8. The third-order valence-electron chi connectivity index (χ3n) is 1.59. The molecule has 0 heterocycles. The van der Waals surface area contributed by atoms with Crippen molar-refractivity contribution >= 4 is 6.47 Å². The van der Waals surface area contributed by atoms with E-state index in [-0.39, 0.29) is 6.61 Å². The third kappa shape index (κ3) is 9.39. The molecular formula is C7H17NO3. The fourth-order valence-electron chi connectivity index (χ4n) is 0.245. The highest BCUT2D eigenvalue weighted by molar-refractivity contribution is 5.29. The van der Waals surface area contributed by atoms with E-state index in [0.29, 0.717) is 6.04 Å². The molecule has 0 rings (SSSR count). The van der Waals surface area contributed by atoms with Crippen LogP contribution in [-0.2, 0) is 4.79 Å². The van der Waals surface area contributed by atoms with Crippen LogP contribution in [0.3, 0.4) is 0 Å². The van der Waals surface area contributed by atoms with Crippen LogP contribution in [0.2, 0.25) is 0 Å². The van der Waals surface area contributed by atoms with E-state index in [2.05, 4.69) is 21.1 Å². The molecule has 0 amide bonds. The van der Waals surface area contributed by atoms with Crippen molar-refractivity contribution in [2.45, 2.75) is 13.0 Å². The highest BCUT2D eigenvalue weighted by Crippen LogP contribution is 1.98. The second kappa shape index (κ2) is 6.12. The number of aliphatic hydroxyl groups is 1. The summed E-state index contributed by atoms with van der Waals surface area (Å²) in [7, 11) is 6.21. The molecule has 0 saturated carbocycles. The largest absolute Gasteiger partial charge is 0.554 e. The van der Waals surface area contributed by atoms with Gasteiger partial charge in [-0.05, 0) is 6.92 Å². The molecular weight excluding hydrogens is 146 g/mol. The van der Waals surface area contributed by atoms with Crippen molar-refractivity contribution in [3.8, 4) is 0 Å². The molecule has 0 aromatic rings. The molecule has 1 atom stereocenters. The molecule has 0 aromatic carbocycles. The SMILES string of the molecule is CC(CO)[N+](C)(C)C.O=C[O-]. The Labute approximate surface area is 67.7 Å². The van der Waals surface area contributed by atoms with Gasteiger partial charge in [0.25, 0.3) is 0 Å². The predicted octanol–water partition coefficient (Wildman–Crippen LogP) is -1.56. The second-order valence-electron chi connectivity index (χ2n) is 3.24. The lowest BCUT2D eigenvalue weighted by atomic mass is 10.3. The predicted molar refractivity (Wildman–Crippen MR) is 40.6 cm³/mol. The van der Waals surface area contributed by atoms with E-state index in [9.17, 15) is 0 Å². The van der Waals surface area contributed by atoms with Gasteiger partial charge in [0.1, 0.15) is 6.04 Å². The maximum absolute atomic E-state index is 8.65. The molecule has 4 heteroatoms. The van der Waals surface area contributed by atoms with Crippen LogP contribution >= 0.6 is 0 Å². The quantitative estimate of drug-likeness (QED) is 0.395. The highest BCUT2D eigenvalue weighted by Gasteiger charge is 2.15. The maximum atomic E-state index is 8.65. The Bertz CT molecular complexity index is 98.3. The highest BCUT2D eigenvalue weighted by atomic mass is 16.3. The average molecular weight is 163 g/mol. The monoisotopic (exact) mass is 163 g/mol. The molecule has 0 saturated heterocycles. The number of carbonyl (C=O) groups excluding carboxylic acids is 1. The summed E-state index contributed by atoms with van der Waals surface area (Å²) < 4.78 is 0.830. The fourth-order valence-corrected chi connectivity index (χ4v) is 0.245. The Morgan fingerprint density at radius 2 is 1.82 bits per heavy atom. The van der Waals surface area contributed by atoms with Gasteiger partial charge in [0.15, 0.2) is 0 Å². The number of quaternary nitrogens is 1. The van der Waals surface area contributed by atoms with Gasteiger partial charge in [0.05, 0.1) is 27.7 Å². The number of carbonyl (C=O) groups is 1. The molecule has 1 N–H and O–H groups in total. The molecule has 4 nitrogen and oxygen atoms in total. The Morgan fingerprint density at radius 3 is 1.82 bits per heavy atom. The van der Waals surface area contributed by atoms with Gasteiger partial charge in [-0.15, -0.1) is 0 Å². The maximum Gasteiger partial charge on any atom is 0.109 e. The van der Waals surface area contributed by atoms with Crippen molar-refractivity contribution < 1.29 is 19.5 Å². The standard InChI is InChI=1S/C6H16NO.CH2O2/c1-6(5-8)7(2,3)4;2-1-3/h6,8H,5H2,1-4H3;1H,(H,2,3)/q+1;/p-1. The zero-order chi connectivity index (χ0) is 9.49. The van der Waals surface area contributed by atoms with Crippen LogP contribution in [0.1, 0.15) is 6.92 Å². The summed E-state index contributed by atoms with van der Waals surface area (Å²) in [5.74, 6) is 0. The van der Waals surface area contributed by atoms with Gasteiger partial charge >= 0.3 is 0 Å². The van der Waals surface area contributed by atoms with E-state index in [1.807, 2.05) is 6.92 Å². The number of nitrogens with zero attached hydrogens (tertiary/aromatic N) is 1. The van der Waals surface area contributed by atoms with Gasteiger partial charge in [-0.1, -0.05) is 0 Å². The minimum atomic E-state index is -0.500. The van der Waals surface area contributed by atoms with Crippen molar-refractivity contribution in [2.24, 2.45) is 0 Å². The Hall–Kier alpha value is -0.610. The van der Waals surface area contributed by atoms with Crippen molar-refractivity contribution in [2.75, 3.05) is 27.7 Å². The summed E-state index contributed by atoms with van der Waals surface area (Å²) in [5.41, 5.74) is 0. The zero-order valence-electron chi connectivity index (χ0n) is 7.57. The van der Waals surface area contributed by atoms with Crippen LogP contribution < -0.4 is 5.11 Å². The van der Waals surface area contributed by atoms with Gasteiger partial charge in [0.2, 0.25) is 0 Å². The second-order valence-corrected chi connectivity index (χ2v) is 3.24. The number of hydrogen-bond donors (Lipinski definition) is 1. The summed E-state index contributed by atoms with van der Waals surface area (Å²) in [6, 6.07) is 0.343. The lowest BCUT2D eigenvalue weighted by Gasteiger charge is -2.29. The van der Waals surface area contributed by atoms with E-state index in [4.69, 9.17) is 15.0 Å². The number of likely N-dealkylation sites (N-methyl/N-ethyl adjacent to an activating group) is 1. The van der Waals surface area contributed by atoms with Crippen molar-refractivity contribution in [3.63, 3.8) is 0 Å². The summed E-state index contributed by atoms with van der Waals surface area (Å²) in [4.78, 5) is 8.25. The molecule has 0 aliphatic carbocycles. The Balaban J connectivity index is 0. The smallest absolute Gasteiger partial charge is 0.109 e. The first-order chi connectivity index (χ1) is 4.90. The van der Waals surface area contributed by atoms with Gasteiger partial charge in [-0.25, -0.2) is 0 Å². The first kappa shape index (κ1) is 13.0. The van der Waals surface area contributed by atoms with Crippen LogP contribution in [0.5, 0.6) is 0 Å². The minimum Gasteiger partial charge on any atom is -0.554 e. The van der Waals surface area contributed by atoms with E-state index in [0.717, 1.165) is 4.48 Å². The fraction of sp³-hybridized carbons (Fsp3) is 0.857. The number of hydrogen-bond acceptors (Lipinski definition) is 3. The summed E-state index contributed by atoms with van der Waals surface area (Å²) in [5, 5.41) is 16.9. The average Bonchev–Trinajstić information content (AvgIpc) is 1.86. The van der Waals surface area contributed by atoms with Crippen molar-refractivity contribution in [1.29, 1.82) is 0 Å². The first-order valence-corrected chi connectivity index (χ1v) is 3.37.